The number of nitrogens with zero attached hydrogens (tertiary/aromatic N) is 2. The molecule has 0 aliphatic carbocycles. The largest absolute Gasteiger partial charge is 0.481 e. The Morgan fingerprint density at radius 3 is 2.88 bits per heavy atom. The van der Waals surface area contributed by atoms with Crippen molar-refractivity contribution >= 4 is 17.4 Å². The minimum atomic E-state index is -0.332. The van der Waals surface area contributed by atoms with Gasteiger partial charge in [0, 0.05) is 12.1 Å². The predicted octanol–water partition coefficient (Wildman–Crippen LogP) is 0.648. The van der Waals surface area contributed by atoms with Gasteiger partial charge in [0.05, 0.1) is 19.0 Å². The molecule has 0 saturated carbocycles. The maximum Gasteiger partial charge on any atom is 0.273 e. The van der Waals surface area contributed by atoms with Crippen molar-refractivity contribution in [3.05, 3.63) is 30.1 Å². The van der Waals surface area contributed by atoms with Gasteiger partial charge < -0.3 is 15.8 Å². The molecule has 1 amide bonds. The molecule has 88 valence electrons. The van der Waals surface area contributed by atoms with Crippen LogP contribution in [0.3, 0.4) is 0 Å². The SMILES string of the molecule is COc1ccc(NC(=O)c2cc(N)n[nH]2)cn1. The number of methoxy groups -OCH3 is 1. The Morgan fingerprint density at radius 1 is 1.53 bits per heavy atom. The first-order valence-corrected chi connectivity index (χ1v) is 4.81. The average Bonchev–Trinajstić information content (AvgIpc) is 2.77. The van der Waals surface area contributed by atoms with E-state index in [0.29, 0.717) is 17.3 Å². The highest BCUT2D eigenvalue weighted by molar-refractivity contribution is 6.03. The molecule has 2 heterocycles. The molecular formula is C10H11N5O2. The number of hydrogen-bond donors (Lipinski definition) is 3. The summed E-state index contributed by atoms with van der Waals surface area (Å²) in [5.41, 5.74) is 6.25. The van der Waals surface area contributed by atoms with Gasteiger partial charge in [-0.15, -0.1) is 0 Å². The van der Waals surface area contributed by atoms with Crippen molar-refractivity contribution in [1.82, 2.24) is 15.2 Å². The lowest BCUT2D eigenvalue weighted by Crippen LogP contribution is -2.12. The molecule has 0 fully saturated rings. The topological polar surface area (TPSA) is 106 Å². The van der Waals surface area contributed by atoms with Crippen LogP contribution in [0.15, 0.2) is 24.4 Å². The summed E-state index contributed by atoms with van der Waals surface area (Å²) in [5, 5.41) is 8.82. The highest BCUT2D eigenvalue weighted by Gasteiger charge is 2.09. The van der Waals surface area contributed by atoms with Crippen LogP contribution in [-0.2, 0) is 0 Å². The minimum absolute atomic E-state index is 0.267. The fourth-order valence-electron chi connectivity index (χ4n) is 1.23. The number of rotatable bonds is 3. The van der Waals surface area contributed by atoms with Gasteiger partial charge >= 0.3 is 0 Å². The second-order valence-electron chi connectivity index (χ2n) is 3.25. The molecule has 0 saturated heterocycles. The van der Waals surface area contributed by atoms with Crippen LogP contribution in [0.5, 0.6) is 5.88 Å². The summed E-state index contributed by atoms with van der Waals surface area (Å²) in [7, 11) is 1.52. The van der Waals surface area contributed by atoms with E-state index >= 15 is 0 Å². The third kappa shape index (κ3) is 2.51. The van der Waals surface area contributed by atoms with Crippen molar-refractivity contribution in [2.75, 3.05) is 18.2 Å². The number of nitrogens with one attached hydrogen (secondary N) is 2. The first-order chi connectivity index (χ1) is 8.19. The van der Waals surface area contributed by atoms with Crippen LogP contribution in [0.1, 0.15) is 10.5 Å². The fraction of sp³-hybridized carbons (Fsp3) is 0.100. The molecule has 7 heteroatoms. The number of nitrogens with two attached hydrogens (primary N) is 1. The van der Waals surface area contributed by atoms with Gasteiger partial charge in [0.2, 0.25) is 5.88 Å². The number of hydrogen-bond acceptors (Lipinski definition) is 5. The number of ether oxygens (including phenoxy) is 1. The van der Waals surface area contributed by atoms with E-state index < -0.39 is 0 Å². The second-order valence-corrected chi connectivity index (χ2v) is 3.25. The third-order valence-corrected chi connectivity index (χ3v) is 2.05. The van der Waals surface area contributed by atoms with E-state index in [1.54, 1.807) is 12.1 Å². The number of aromatic nitrogens is 3. The highest BCUT2D eigenvalue weighted by Crippen LogP contribution is 2.12. The maximum absolute atomic E-state index is 11.7. The third-order valence-electron chi connectivity index (χ3n) is 2.05. The normalized spacial score (nSPS) is 9.94. The van der Waals surface area contributed by atoms with Gasteiger partial charge in [-0.05, 0) is 6.07 Å². The first-order valence-electron chi connectivity index (χ1n) is 4.81. The van der Waals surface area contributed by atoms with Crippen molar-refractivity contribution in [2.45, 2.75) is 0 Å². The lowest BCUT2D eigenvalue weighted by molar-refractivity contribution is 0.102. The summed E-state index contributed by atoms with van der Waals surface area (Å²) in [4.78, 5) is 15.6. The van der Waals surface area contributed by atoms with Crippen molar-refractivity contribution in [2.24, 2.45) is 0 Å². The number of carbonyl (C=O) groups excluding carboxylic acids is 1. The standard InChI is InChI=1S/C10H11N5O2/c1-17-9-3-2-6(5-12-9)13-10(16)7-4-8(11)15-14-7/h2-5H,1H3,(H,13,16)(H3,11,14,15). The summed E-state index contributed by atoms with van der Waals surface area (Å²) >= 11 is 0. The highest BCUT2D eigenvalue weighted by atomic mass is 16.5. The predicted molar refractivity (Wildman–Crippen MR) is 61.7 cm³/mol. The van der Waals surface area contributed by atoms with Crippen molar-refractivity contribution in [3.63, 3.8) is 0 Å². The lowest BCUT2D eigenvalue weighted by Gasteiger charge is -2.03. The molecule has 0 aromatic carbocycles. The van der Waals surface area contributed by atoms with Gasteiger partial charge in [-0.25, -0.2) is 4.98 Å². The van der Waals surface area contributed by atoms with Gasteiger partial charge in [0.1, 0.15) is 11.5 Å². The molecule has 7 nitrogen and oxygen atoms in total. The zero-order valence-electron chi connectivity index (χ0n) is 9.10. The first kappa shape index (κ1) is 10.9. The van der Waals surface area contributed by atoms with Crippen LogP contribution < -0.4 is 15.8 Å². The Morgan fingerprint density at radius 2 is 2.35 bits per heavy atom. The summed E-state index contributed by atoms with van der Waals surface area (Å²) in [6.45, 7) is 0. The molecular weight excluding hydrogens is 222 g/mol. The molecule has 2 rings (SSSR count). The Kier molecular flexibility index (Phi) is 2.91. The van der Waals surface area contributed by atoms with Gasteiger partial charge in [-0.2, -0.15) is 5.10 Å². The van der Waals surface area contributed by atoms with Crippen LogP contribution in [0, 0.1) is 0 Å². The number of H-pyrrole nitrogens is 1. The average molecular weight is 233 g/mol. The van der Waals surface area contributed by atoms with E-state index in [-0.39, 0.29) is 11.7 Å². The van der Waals surface area contributed by atoms with Crippen LogP contribution in [0.4, 0.5) is 11.5 Å². The van der Waals surface area contributed by atoms with E-state index in [1.165, 1.54) is 19.4 Å². The number of amides is 1. The molecule has 2 aromatic heterocycles. The minimum Gasteiger partial charge on any atom is -0.481 e. The zero-order chi connectivity index (χ0) is 12.3. The van der Waals surface area contributed by atoms with Gasteiger partial charge in [-0.1, -0.05) is 0 Å². The Balaban J connectivity index is 2.07. The monoisotopic (exact) mass is 233 g/mol. The number of carbonyl (C=O) groups is 1. The number of nitrogen functional groups attached to an aromatic ring is 1. The molecule has 0 unspecified atom stereocenters. The van der Waals surface area contributed by atoms with E-state index in [4.69, 9.17) is 10.5 Å². The summed E-state index contributed by atoms with van der Waals surface area (Å²) < 4.78 is 4.91. The molecule has 0 radical (unpaired) electrons. The molecule has 0 atom stereocenters. The van der Waals surface area contributed by atoms with E-state index in [0.717, 1.165) is 0 Å². The quantitative estimate of drug-likeness (QED) is 0.721. The maximum atomic E-state index is 11.7. The Hall–Kier alpha value is -2.57. The second kappa shape index (κ2) is 4.52. The number of aromatic amines is 1. The number of anilines is 2. The summed E-state index contributed by atoms with van der Waals surface area (Å²) in [5.74, 6) is 0.415. The molecule has 0 aliphatic rings. The summed E-state index contributed by atoms with van der Waals surface area (Å²) in [6.07, 6.45) is 1.50. The van der Waals surface area contributed by atoms with Crippen LogP contribution in [0.2, 0.25) is 0 Å². The van der Waals surface area contributed by atoms with E-state index in [9.17, 15) is 4.79 Å². The van der Waals surface area contributed by atoms with E-state index in [1.807, 2.05) is 0 Å². The fourth-order valence-corrected chi connectivity index (χ4v) is 1.23. The molecule has 2 aromatic rings. The van der Waals surface area contributed by atoms with Crippen LogP contribution in [-0.4, -0.2) is 28.2 Å². The molecule has 4 N–H and O–H groups in total. The van der Waals surface area contributed by atoms with Crippen molar-refractivity contribution in [1.29, 1.82) is 0 Å². The molecule has 0 spiro atoms. The molecule has 0 bridgehead atoms. The van der Waals surface area contributed by atoms with Gasteiger partial charge in [0.25, 0.3) is 5.91 Å². The van der Waals surface area contributed by atoms with Gasteiger partial charge in [-0.3, -0.25) is 9.89 Å². The van der Waals surface area contributed by atoms with Crippen LogP contribution in [0.25, 0.3) is 0 Å². The van der Waals surface area contributed by atoms with Gasteiger partial charge in [0.15, 0.2) is 0 Å². The van der Waals surface area contributed by atoms with Crippen molar-refractivity contribution < 1.29 is 9.53 Å². The Labute approximate surface area is 97.0 Å². The zero-order valence-corrected chi connectivity index (χ0v) is 9.10. The summed E-state index contributed by atoms with van der Waals surface area (Å²) in [6, 6.07) is 4.78. The molecule has 17 heavy (non-hydrogen) atoms. The lowest BCUT2D eigenvalue weighted by atomic mass is 10.3. The number of pyridine rings is 1. The molecule has 0 aliphatic heterocycles. The Bertz CT molecular complexity index is 520. The van der Waals surface area contributed by atoms with E-state index in [2.05, 4.69) is 20.5 Å². The van der Waals surface area contributed by atoms with Crippen LogP contribution >= 0.6 is 0 Å². The van der Waals surface area contributed by atoms with Crippen molar-refractivity contribution in [3.8, 4) is 5.88 Å². The smallest absolute Gasteiger partial charge is 0.273 e.